The third-order valence-corrected chi connectivity index (χ3v) is 4.66. The van der Waals surface area contributed by atoms with Gasteiger partial charge < -0.3 is 19.4 Å². The fourth-order valence-corrected chi connectivity index (χ4v) is 3.33. The van der Waals surface area contributed by atoms with Crippen molar-refractivity contribution in [2.45, 2.75) is 0 Å². The number of imide groups is 2. The van der Waals surface area contributed by atoms with Crippen molar-refractivity contribution >= 4 is 58.8 Å². The predicted octanol–water partition coefficient (Wildman–Crippen LogP) is 1.80. The molecule has 0 radical (unpaired) electrons. The summed E-state index contributed by atoms with van der Waals surface area (Å²) in [6, 6.07) is 7.82. The molecule has 2 aromatic rings. The van der Waals surface area contributed by atoms with E-state index in [9.17, 15) is 24.3 Å². The molecular weight excluding hydrogens is 451 g/mol. The summed E-state index contributed by atoms with van der Waals surface area (Å²) in [4.78, 5) is 48.8. The van der Waals surface area contributed by atoms with Gasteiger partial charge in [0, 0.05) is 0 Å². The Morgan fingerprint density at radius 1 is 1.13 bits per heavy atom. The highest BCUT2D eigenvalue weighted by Gasteiger charge is 2.36. The van der Waals surface area contributed by atoms with Gasteiger partial charge in [0.25, 0.3) is 11.8 Å². The van der Waals surface area contributed by atoms with Gasteiger partial charge in [-0.2, -0.15) is 0 Å². The summed E-state index contributed by atoms with van der Waals surface area (Å²) in [5.74, 6) is -2.80. The van der Waals surface area contributed by atoms with Crippen molar-refractivity contribution in [2.24, 2.45) is 0 Å². The first kappa shape index (κ1) is 22.1. The highest BCUT2D eigenvalue weighted by Crippen LogP contribution is 2.35. The Bertz CT molecular complexity index is 1090. The minimum absolute atomic E-state index is 0.0487. The number of methoxy groups -OCH3 is 1. The molecule has 0 aromatic heterocycles. The molecule has 1 saturated heterocycles. The summed E-state index contributed by atoms with van der Waals surface area (Å²) < 4.78 is 10.0. The highest BCUT2D eigenvalue weighted by atomic mass is 35.5. The van der Waals surface area contributed by atoms with Gasteiger partial charge in [0.15, 0.2) is 5.75 Å². The number of benzene rings is 2. The molecule has 4 amide bonds. The van der Waals surface area contributed by atoms with E-state index in [1.807, 2.05) is 0 Å². The van der Waals surface area contributed by atoms with Crippen LogP contribution in [0.15, 0.2) is 42.0 Å². The van der Waals surface area contributed by atoms with E-state index in [0.717, 1.165) is 4.90 Å². The lowest BCUT2D eigenvalue weighted by molar-refractivity contribution is -0.307. The second kappa shape index (κ2) is 9.07. The number of aliphatic carboxylic acids is 1. The zero-order chi connectivity index (χ0) is 22.7. The maximum absolute atomic E-state index is 12.9. The molecule has 3 rings (SSSR count). The number of ether oxygens (including phenoxy) is 2. The average molecular weight is 464 g/mol. The van der Waals surface area contributed by atoms with Crippen molar-refractivity contribution in [3.8, 4) is 11.5 Å². The Balaban J connectivity index is 1.95. The number of nitrogens with zero attached hydrogens (tertiary/aromatic N) is 1. The maximum Gasteiger partial charge on any atom is 0.335 e. The van der Waals surface area contributed by atoms with E-state index >= 15 is 0 Å². The summed E-state index contributed by atoms with van der Waals surface area (Å²) in [6.45, 7) is -0.764. The maximum atomic E-state index is 12.9. The molecule has 2 aromatic carbocycles. The van der Waals surface area contributed by atoms with Crippen molar-refractivity contribution in [3.05, 3.63) is 57.6 Å². The lowest BCUT2D eigenvalue weighted by Gasteiger charge is -2.26. The molecule has 1 heterocycles. The number of carbonyl (C=O) groups excluding carboxylic acids is 4. The lowest BCUT2D eigenvalue weighted by Crippen LogP contribution is -2.54. The number of hydrogen-bond donors (Lipinski definition) is 1. The van der Waals surface area contributed by atoms with E-state index in [-0.39, 0.29) is 32.6 Å². The van der Waals surface area contributed by atoms with Crippen molar-refractivity contribution in [1.82, 2.24) is 5.32 Å². The second-order valence-electron chi connectivity index (χ2n) is 6.13. The van der Waals surface area contributed by atoms with Crippen molar-refractivity contribution < 1.29 is 33.8 Å². The molecule has 9 nitrogen and oxygen atoms in total. The SMILES string of the molecule is COc1ccc(N2C(=O)NC(=O)/C(=C\c3cc(Cl)c(OCC(=O)[O-])c(Cl)c3)C2=O)cc1. The Morgan fingerprint density at radius 2 is 1.74 bits per heavy atom. The van der Waals surface area contributed by atoms with Crippen LogP contribution in [0.2, 0.25) is 10.0 Å². The van der Waals surface area contributed by atoms with Crippen LogP contribution in [0.4, 0.5) is 10.5 Å². The number of amides is 4. The Labute approximate surface area is 185 Å². The number of carboxylic acids is 1. The number of hydrogen-bond acceptors (Lipinski definition) is 7. The van der Waals surface area contributed by atoms with Crippen molar-refractivity contribution in [1.29, 1.82) is 0 Å². The zero-order valence-corrected chi connectivity index (χ0v) is 17.3. The van der Waals surface area contributed by atoms with Crippen LogP contribution in [0.25, 0.3) is 6.08 Å². The summed E-state index contributed by atoms with van der Waals surface area (Å²) in [6.07, 6.45) is 1.20. The van der Waals surface area contributed by atoms with Gasteiger partial charge in [-0.3, -0.25) is 14.9 Å². The first-order valence-corrected chi connectivity index (χ1v) is 9.34. The number of urea groups is 1. The molecule has 160 valence electrons. The van der Waals surface area contributed by atoms with Crippen LogP contribution in [-0.4, -0.2) is 37.5 Å². The van der Waals surface area contributed by atoms with E-state index < -0.39 is 30.4 Å². The van der Waals surface area contributed by atoms with E-state index in [0.29, 0.717) is 5.75 Å². The number of halogens is 2. The third kappa shape index (κ3) is 4.79. The second-order valence-corrected chi connectivity index (χ2v) is 6.94. The minimum atomic E-state index is -1.47. The molecule has 31 heavy (non-hydrogen) atoms. The molecule has 1 aliphatic rings. The topological polar surface area (TPSA) is 125 Å². The number of carboxylic acid groups (broad SMARTS) is 1. The van der Waals surface area contributed by atoms with Crippen molar-refractivity contribution in [2.75, 3.05) is 18.6 Å². The molecule has 0 spiro atoms. The first-order valence-electron chi connectivity index (χ1n) is 8.58. The zero-order valence-electron chi connectivity index (χ0n) is 15.8. The molecule has 0 bridgehead atoms. The molecule has 0 atom stereocenters. The molecule has 11 heteroatoms. The first-order chi connectivity index (χ1) is 14.7. The summed E-state index contributed by atoms with van der Waals surface area (Å²) >= 11 is 12.1. The third-order valence-electron chi connectivity index (χ3n) is 4.10. The standard InChI is InChI=1S/C20H14Cl2N2O7/c1-30-12-4-2-11(3-5-12)24-19(28)13(18(27)23-20(24)29)6-10-7-14(21)17(15(22)8-10)31-9-16(25)26/h2-8H,9H2,1H3,(H,25,26)(H,23,27,29)/p-1/b13-6+. The summed E-state index contributed by atoms with van der Waals surface area (Å²) in [5.41, 5.74) is 0.132. The Kier molecular flexibility index (Phi) is 6.47. The van der Waals surface area contributed by atoms with Gasteiger partial charge in [-0.25, -0.2) is 9.69 Å². The van der Waals surface area contributed by atoms with Crippen LogP contribution < -0.4 is 24.8 Å². The van der Waals surface area contributed by atoms with Gasteiger partial charge in [0.05, 0.1) is 28.8 Å². The normalized spacial score (nSPS) is 15.1. The van der Waals surface area contributed by atoms with Crippen LogP contribution in [-0.2, 0) is 14.4 Å². The van der Waals surface area contributed by atoms with E-state index in [1.165, 1.54) is 37.5 Å². The van der Waals surface area contributed by atoms with Crippen LogP contribution in [0.1, 0.15) is 5.56 Å². The van der Waals surface area contributed by atoms with E-state index in [2.05, 4.69) is 5.32 Å². The predicted molar refractivity (Wildman–Crippen MR) is 109 cm³/mol. The van der Waals surface area contributed by atoms with Crippen LogP contribution in [0, 0.1) is 0 Å². The van der Waals surface area contributed by atoms with Crippen LogP contribution in [0.5, 0.6) is 11.5 Å². The van der Waals surface area contributed by atoms with Crippen LogP contribution >= 0.6 is 23.2 Å². The fourth-order valence-electron chi connectivity index (χ4n) is 2.72. The Morgan fingerprint density at radius 3 is 2.29 bits per heavy atom. The quantitative estimate of drug-likeness (QED) is 0.511. The van der Waals surface area contributed by atoms with Gasteiger partial charge >= 0.3 is 6.03 Å². The lowest BCUT2D eigenvalue weighted by atomic mass is 10.1. The van der Waals surface area contributed by atoms with Gasteiger partial charge in [0.2, 0.25) is 0 Å². The largest absolute Gasteiger partial charge is 0.546 e. The number of rotatable bonds is 6. The molecule has 0 unspecified atom stereocenters. The van der Waals surface area contributed by atoms with Gasteiger partial charge in [-0.05, 0) is 48.0 Å². The van der Waals surface area contributed by atoms with Gasteiger partial charge in [-0.1, -0.05) is 23.2 Å². The Hall–Kier alpha value is -3.56. The summed E-state index contributed by atoms with van der Waals surface area (Å²) in [5, 5.41) is 12.6. The average Bonchev–Trinajstić information content (AvgIpc) is 2.70. The van der Waals surface area contributed by atoms with E-state index in [1.54, 1.807) is 12.1 Å². The van der Waals surface area contributed by atoms with Gasteiger partial charge in [-0.15, -0.1) is 0 Å². The van der Waals surface area contributed by atoms with Crippen LogP contribution in [0.3, 0.4) is 0 Å². The molecule has 1 N–H and O–H groups in total. The summed E-state index contributed by atoms with van der Waals surface area (Å²) in [7, 11) is 1.47. The molecule has 0 saturated carbocycles. The molecule has 1 aliphatic heterocycles. The van der Waals surface area contributed by atoms with Gasteiger partial charge in [0.1, 0.15) is 17.9 Å². The molecule has 1 fully saturated rings. The number of barbiturate groups is 1. The highest BCUT2D eigenvalue weighted by molar-refractivity contribution is 6.40. The van der Waals surface area contributed by atoms with E-state index in [4.69, 9.17) is 32.7 Å². The monoisotopic (exact) mass is 463 g/mol. The van der Waals surface area contributed by atoms with Crippen molar-refractivity contribution in [3.63, 3.8) is 0 Å². The number of carbonyl (C=O) groups is 4. The minimum Gasteiger partial charge on any atom is -0.546 e. The fraction of sp³-hybridized carbons (Fsp3) is 0.100. The smallest absolute Gasteiger partial charge is 0.335 e. The molecule has 0 aliphatic carbocycles. The number of anilines is 1. The molecular formula is C20H13Cl2N2O7-. The number of nitrogens with one attached hydrogen (secondary N) is 1.